The van der Waals surface area contributed by atoms with Crippen LogP contribution in [0.15, 0.2) is 170 Å². The second-order valence-electron chi connectivity index (χ2n) is 43.7. The van der Waals surface area contributed by atoms with E-state index >= 15 is 0 Å². The molecule has 0 radical (unpaired) electrons. The fourth-order valence-corrected chi connectivity index (χ4v) is 17.4. The number of methoxy groups -OCH3 is 2. The lowest BCUT2D eigenvalue weighted by atomic mass is 9.94. The molecule has 0 spiro atoms. The number of amides is 7. The van der Waals surface area contributed by atoms with E-state index in [2.05, 4.69) is 146 Å². The Morgan fingerprint density at radius 3 is 0.838 bits per heavy atom. The summed E-state index contributed by atoms with van der Waals surface area (Å²) in [6, 6.07) is 57.2. The Labute approximate surface area is 821 Å². The van der Waals surface area contributed by atoms with Crippen molar-refractivity contribution >= 4 is 92.8 Å². The summed E-state index contributed by atoms with van der Waals surface area (Å²) >= 11 is 6.21. The highest BCUT2D eigenvalue weighted by Gasteiger charge is 2.38. The van der Waals surface area contributed by atoms with Gasteiger partial charge in [-0.3, -0.25) is 33.6 Å². The minimum Gasteiger partial charge on any atom is -0.506 e. The van der Waals surface area contributed by atoms with E-state index in [0.29, 0.717) is 18.8 Å². The number of piperazine rings is 7. The van der Waals surface area contributed by atoms with Gasteiger partial charge in [-0.15, -0.1) is 0 Å². The van der Waals surface area contributed by atoms with Gasteiger partial charge in [-0.05, 0) is 128 Å². The number of hydrogen-bond donors (Lipinski definition) is 1. The van der Waals surface area contributed by atoms with Crippen LogP contribution in [0.5, 0.6) is 17.2 Å². The summed E-state index contributed by atoms with van der Waals surface area (Å²) in [4.78, 5) is 115. The Bertz CT molecular complexity index is 4850. The molecule has 7 aliphatic heterocycles. The number of rotatable bonds is 10. The molecule has 0 aliphatic carbocycles. The number of para-hydroxylation sites is 5. The summed E-state index contributed by atoms with van der Waals surface area (Å²) in [7, 11) is 3.37. The van der Waals surface area contributed by atoms with Crippen LogP contribution in [0.1, 0.15) is 169 Å². The molecular weight excluding hydrogens is 1720 g/mol. The third-order valence-corrected chi connectivity index (χ3v) is 25.5. The lowest BCUT2D eigenvalue weighted by molar-refractivity contribution is -0.140. The Balaban J connectivity index is 0.000000195. The number of carbonyl (C=O) groups is 7. The molecule has 7 fully saturated rings. The normalized spacial score (nSPS) is 16.5. The van der Waals surface area contributed by atoms with Gasteiger partial charge in [-0.25, -0.2) is 0 Å². The highest BCUT2D eigenvalue weighted by molar-refractivity contribution is 6.33. The maximum atomic E-state index is 12.3. The first-order chi connectivity index (χ1) is 63.8. The average Bonchev–Trinajstić information content (AvgIpc) is 0.773. The lowest BCUT2D eigenvalue weighted by Crippen LogP contribution is -2.51. The molecule has 0 bridgehead atoms. The van der Waals surface area contributed by atoms with Crippen molar-refractivity contribution < 1.29 is 48.1 Å². The van der Waals surface area contributed by atoms with E-state index in [0.717, 1.165) is 210 Å². The summed E-state index contributed by atoms with van der Waals surface area (Å²) in [6.45, 7) is 71.1. The van der Waals surface area contributed by atoms with E-state index in [9.17, 15) is 38.7 Å². The number of nitrogens with zero attached hydrogens (tertiary/aromatic N) is 14. The number of aryl methyl sites for hydroxylation is 3. The van der Waals surface area contributed by atoms with E-state index in [1.54, 1.807) is 20.3 Å². The molecular formula is C111H165ClN14O10. The van der Waals surface area contributed by atoms with Gasteiger partial charge in [0.2, 0.25) is 41.4 Å². The molecule has 7 aromatic carbocycles. The zero-order valence-corrected chi connectivity index (χ0v) is 88.2. The first-order valence-corrected chi connectivity index (χ1v) is 49.5. The molecule has 0 atom stereocenters. The zero-order valence-electron chi connectivity index (χ0n) is 87.4. The van der Waals surface area contributed by atoms with E-state index in [1.807, 2.05) is 252 Å². The van der Waals surface area contributed by atoms with Crippen LogP contribution in [0.2, 0.25) is 5.02 Å². The van der Waals surface area contributed by atoms with Crippen molar-refractivity contribution in [2.24, 2.45) is 37.9 Å². The number of halogens is 1. The Morgan fingerprint density at radius 1 is 0.272 bits per heavy atom. The van der Waals surface area contributed by atoms with Gasteiger partial charge in [-0.1, -0.05) is 242 Å². The van der Waals surface area contributed by atoms with Crippen molar-refractivity contribution in [3.05, 3.63) is 192 Å². The van der Waals surface area contributed by atoms with Crippen LogP contribution in [0.4, 0.5) is 39.8 Å². The van der Waals surface area contributed by atoms with Gasteiger partial charge in [0, 0.05) is 244 Å². The Hall–Kier alpha value is -10.9. The molecule has 7 saturated heterocycles. The van der Waals surface area contributed by atoms with Crippen molar-refractivity contribution in [1.82, 2.24) is 34.3 Å². The molecule has 24 nitrogen and oxygen atoms in total. The highest BCUT2D eigenvalue weighted by Crippen LogP contribution is 2.35. The van der Waals surface area contributed by atoms with E-state index in [4.69, 9.17) is 21.1 Å². The second kappa shape index (κ2) is 49.4. The predicted octanol–water partition coefficient (Wildman–Crippen LogP) is 18.2. The maximum Gasteiger partial charge on any atom is 0.228 e. The van der Waals surface area contributed by atoms with E-state index in [-0.39, 0.29) is 79.3 Å². The number of anilines is 7. The fourth-order valence-electron chi connectivity index (χ4n) is 17.1. The van der Waals surface area contributed by atoms with Crippen LogP contribution in [-0.4, -0.2) is 278 Å². The molecule has 746 valence electrons. The van der Waals surface area contributed by atoms with Crippen molar-refractivity contribution in [2.75, 3.05) is 232 Å². The molecule has 14 rings (SSSR count). The van der Waals surface area contributed by atoms with Gasteiger partial charge in [-0.2, -0.15) is 0 Å². The highest BCUT2D eigenvalue weighted by atomic mass is 35.5. The monoisotopic (exact) mass is 1890 g/mol. The fraction of sp³-hybridized carbons (Fsp3) is 0.559. The number of phenolic OH excluding ortho intramolecular Hbond substituents is 1. The number of carbonyl (C=O) groups excluding carboxylic acids is 7. The minimum absolute atomic E-state index is 0.199. The molecule has 7 aromatic rings. The standard InChI is InChI=1S/C17H26N2O.2C16H24N2O2.2C16H24N2O.C15H21ClN2O.C15H22N2O2/c1-5-14-7-6-8-15(13-14)18-9-11-19(12-10-18)16(20)17(2,3)4;1-16(2,3)15(19)18-11-9-17(10-12-18)13-5-7-14(20-4)8-6-13;1-16(2,3)15(19)18-11-9-17(10-12-18)13-7-5-6-8-14(13)20-4;1-13-5-7-14(8-6-13)17-9-11-18(12-10-17)15(19)16(2,3)4;1-13-6-5-7-14(12-13)17-8-10-18(11-9-17)15(19)16(2,3)4;1-15(2,3)14(19)18-10-8-17(9-11-18)13-7-5-4-6-12(13)16;1-15(2,3)14(19)17-10-8-16(9-11-17)12-6-4-5-7-13(12)18/h6-8,13H,5,9-12H2,1-4H3;2*5-8H,9-12H2,1-4H3;5-8H,9-12H2,1-4H3;5-7,12H,8-11H2,1-4H3;4-7H,8-11H2,1-3H3;4-7,18H,8-11H2,1-3H3. The molecule has 136 heavy (non-hydrogen) atoms. The summed E-state index contributed by atoms with van der Waals surface area (Å²) in [6.07, 6.45) is 1.07. The van der Waals surface area contributed by atoms with Gasteiger partial charge >= 0.3 is 0 Å². The smallest absolute Gasteiger partial charge is 0.228 e. The first kappa shape index (κ1) is 110. The van der Waals surface area contributed by atoms with Gasteiger partial charge < -0.3 is 83.2 Å². The van der Waals surface area contributed by atoms with Gasteiger partial charge in [0.05, 0.1) is 36.3 Å². The van der Waals surface area contributed by atoms with Crippen LogP contribution in [0.25, 0.3) is 0 Å². The summed E-state index contributed by atoms with van der Waals surface area (Å²) in [5, 5.41) is 10.6. The summed E-state index contributed by atoms with van der Waals surface area (Å²) in [5.74, 6) is 3.75. The van der Waals surface area contributed by atoms with Crippen LogP contribution >= 0.6 is 11.6 Å². The molecule has 7 amide bonds. The largest absolute Gasteiger partial charge is 0.506 e. The molecule has 7 heterocycles. The van der Waals surface area contributed by atoms with Crippen LogP contribution < -0.4 is 43.8 Å². The SMILES string of the molecule is CC(C)(C)C(=O)N1CCN(c2ccccc2Cl)CC1.CC(C)(C)C(=O)N1CCN(c2ccccc2O)CC1.CCc1cccc(N2CCN(C(=O)C(C)(C)C)CC2)c1.COc1ccc(N2CCN(C(=O)C(C)(C)C)CC2)cc1.COc1ccccc1N1CCN(C(=O)C(C)(C)C)CC1.Cc1ccc(N2CCN(C(=O)C(C)(C)C)CC2)cc1.Cc1cccc(N2CCN(C(=O)C(C)(C)C)CC2)c1. The quantitative estimate of drug-likeness (QED) is 0.135. The van der Waals surface area contributed by atoms with Crippen molar-refractivity contribution in [1.29, 1.82) is 0 Å². The first-order valence-electron chi connectivity index (χ1n) is 49.1. The van der Waals surface area contributed by atoms with Crippen LogP contribution in [-0.2, 0) is 40.0 Å². The number of aromatic hydroxyl groups is 1. The van der Waals surface area contributed by atoms with E-state index in [1.165, 1.54) is 39.4 Å². The maximum absolute atomic E-state index is 12.3. The number of benzene rings is 7. The molecule has 1 N–H and O–H groups in total. The molecule has 0 saturated carbocycles. The van der Waals surface area contributed by atoms with E-state index < -0.39 is 0 Å². The second-order valence-corrected chi connectivity index (χ2v) is 44.1. The number of hydrogen-bond acceptors (Lipinski definition) is 17. The molecule has 0 aromatic heterocycles. The third kappa shape index (κ3) is 32.9. The number of ether oxygens (including phenoxy) is 2. The van der Waals surface area contributed by atoms with Crippen LogP contribution in [0, 0.1) is 51.8 Å². The predicted molar refractivity (Wildman–Crippen MR) is 561 cm³/mol. The Kier molecular flexibility index (Phi) is 40.1. The summed E-state index contributed by atoms with van der Waals surface area (Å²) < 4.78 is 10.6. The third-order valence-electron chi connectivity index (χ3n) is 25.2. The van der Waals surface area contributed by atoms with Gasteiger partial charge in [0.1, 0.15) is 17.2 Å². The zero-order chi connectivity index (χ0) is 100. The van der Waals surface area contributed by atoms with Crippen LogP contribution in [0.3, 0.4) is 0 Å². The summed E-state index contributed by atoms with van der Waals surface area (Å²) in [5.41, 5.74) is 9.93. The van der Waals surface area contributed by atoms with Crippen molar-refractivity contribution in [3.63, 3.8) is 0 Å². The molecule has 0 unspecified atom stereocenters. The molecule has 7 aliphatic rings. The average molecular weight is 1890 g/mol. The minimum atomic E-state index is -0.322. The van der Waals surface area contributed by atoms with Crippen molar-refractivity contribution in [2.45, 2.75) is 173 Å². The lowest BCUT2D eigenvalue weighted by Gasteiger charge is -2.39. The molecule has 25 heteroatoms. The van der Waals surface area contributed by atoms with Gasteiger partial charge in [0.15, 0.2) is 0 Å². The van der Waals surface area contributed by atoms with Crippen molar-refractivity contribution in [3.8, 4) is 17.2 Å². The van der Waals surface area contributed by atoms with Gasteiger partial charge in [0.25, 0.3) is 0 Å². The Morgan fingerprint density at radius 2 is 0.537 bits per heavy atom. The number of phenols is 1. The topological polar surface area (TPSA) is 204 Å².